The van der Waals surface area contributed by atoms with Gasteiger partial charge >= 0.3 is 0 Å². The van der Waals surface area contributed by atoms with Gasteiger partial charge in [0, 0.05) is 24.5 Å². The maximum atomic E-state index is 13.6. The highest BCUT2D eigenvalue weighted by atomic mass is 16.2. The van der Waals surface area contributed by atoms with Crippen LogP contribution in [0.1, 0.15) is 47.8 Å². The number of carbonyl (C=O) groups excluding carboxylic acids is 2. The van der Waals surface area contributed by atoms with Crippen molar-refractivity contribution in [3.8, 4) is 0 Å². The molecule has 3 aromatic rings. The Morgan fingerprint density at radius 2 is 2.14 bits per heavy atom. The first-order valence-corrected chi connectivity index (χ1v) is 10.1. The fraction of sp³-hybridized carbons (Fsp3) is 0.364. The molecule has 2 aliphatic rings. The van der Waals surface area contributed by atoms with Gasteiger partial charge in [0.1, 0.15) is 0 Å². The molecule has 2 atom stereocenters. The van der Waals surface area contributed by atoms with Gasteiger partial charge in [0.05, 0.1) is 28.9 Å². The van der Waals surface area contributed by atoms with Crippen LogP contribution in [0, 0.1) is 6.92 Å². The largest absolute Gasteiger partial charge is 0.334 e. The SMILES string of the molecule is CCC[C@@H]1N(C(=O)c2cnc3ccnn3c2C)CC[C@]12C(=O)Nc1ccccc12. The molecule has 5 rings (SSSR count). The lowest BCUT2D eigenvalue weighted by atomic mass is 9.73. The van der Waals surface area contributed by atoms with E-state index in [1.54, 1.807) is 16.9 Å². The summed E-state index contributed by atoms with van der Waals surface area (Å²) in [7, 11) is 0. The van der Waals surface area contributed by atoms with Gasteiger partial charge in [-0.25, -0.2) is 9.50 Å². The average Bonchev–Trinajstić information content (AvgIpc) is 3.41. The van der Waals surface area contributed by atoms with Crippen molar-refractivity contribution in [3.63, 3.8) is 0 Å². The third-order valence-electron chi connectivity index (χ3n) is 6.46. The second-order valence-electron chi connectivity index (χ2n) is 7.88. The van der Waals surface area contributed by atoms with E-state index in [1.165, 1.54) is 0 Å². The van der Waals surface area contributed by atoms with Crippen molar-refractivity contribution in [2.45, 2.75) is 44.6 Å². The zero-order valence-corrected chi connectivity index (χ0v) is 16.6. The Bertz CT molecular complexity index is 1140. The molecule has 148 valence electrons. The topological polar surface area (TPSA) is 79.6 Å². The zero-order chi connectivity index (χ0) is 20.2. The Morgan fingerprint density at radius 1 is 1.31 bits per heavy atom. The van der Waals surface area contributed by atoms with Gasteiger partial charge in [0.25, 0.3) is 5.91 Å². The summed E-state index contributed by atoms with van der Waals surface area (Å²) in [5.41, 5.74) is 3.20. The average molecular weight is 389 g/mol. The van der Waals surface area contributed by atoms with E-state index < -0.39 is 5.41 Å². The number of para-hydroxylation sites is 1. The van der Waals surface area contributed by atoms with Crippen molar-refractivity contribution in [1.29, 1.82) is 0 Å². The first-order valence-electron chi connectivity index (χ1n) is 10.1. The Kier molecular flexibility index (Phi) is 3.94. The normalized spacial score (nSPS) is 23.0. The molecule has 4 heterocycles. The van der Waals surface area contributed by atoms with Crippen LogP contribution in [0.3, 0.4) is 0 Å². The molecule has 0 radical (unpaired) electrons. The van der Waals surface area contributed by atoms with Crippen molar-refractivity contribution < 1.29 is 9.59 Å². The van der Waals surface area contributed by atoms with Crippen LogP contribution >= 0.6 is 0 Å². The van der Waals surface area contributed by atoms with E-state index in [0.29, 0.717) is 24.2 Å². The number of aromatic nitrogens is 3. The molecule has 1 N–H and O–H groups in total. The molecule has 2 aliphatic heterocycles. The van der Waals surface area contributed by atoms with Gasteiger partial charge in [-0.2, -0.15) is 5.10 Å². The third-order valence-corrected chi connectivity index (χ3v) is 6.46. The Balaban J connectivity index is 1.58. The highest BCUT2D eigenvalue weighted by molar-refractivity contribution is 6.08. The minimum Gasteiger partial charge on any atom is -0.334 e. The molecule has 7 nitrogen and oxygen atoms in total. The summed E-state index contributed by atoms with van der Waals surface area (Å²) in [4.78, 5) is 33.0. The Morgan fingerprint density at radius 3 is 2.97 bits per heavy atom. The Labute approximate surface area is 168 Å². The lowest BCUT2D eigenvalue weighted by Crippen LogP contribution is -2.48. The highest BCUT2D eigenvalue weighted by Gasteiger charge is 2.58. The highest BCUT2D eigenvalue weighted by Crippen LogP contribution is 2.49. The van der Waals surface area contributed by atoms with E-state index in [1.807, 2.05) is 42.2 Å². The summed E-state index contributed by atoms with van der Waals surface area (Å²) in [6.07, 6.45) is 5.59. The van der Waals surface area contributed by atoms with Gasteiger partial charge < -0.3 is 10.2 Å². The summed E-state index contributed by atoms with van der Waals surface area (Å²) in [6.45, 7) is 4.52. The number of likely N-dealkylation sites (tertiary alicyclic amines) is 1. The second kappa shape index (κ2) is 6.40. The van der Waals surface area contributed by atoms with Crippen LogP contribution in [0.2, 0.25) is 0 Å². The van der Waals surface area contributed by atoms with Gasteiger partial charge in [0.2, 0.25) is 5.91 Å². The molecule has 0 aliphatic carbocycles. The number of fused-ring (bicyclic) bond motifs is 3. The van der Waals surface area contributed by atoms with E-state index in [9.17, 15) is 9.59 Å². The fourth-order valence-electron chi connectivity index (χ4n) is 5.08. The number of hydrogen-bond acceptors (Lipinski definition) is 4. The monoisotopic (exact) mass is 389 g/mol. The molecule has 0 saturated carbocycles. The summed E-state index contributed by atoms with van der Waals surface area (Å²) in [5, 5.41) is 7.32. The van der Waals surface area contributed by atoms with Crippen molar-refractivity contribution in [2.24, 2.45) is 0 Å². The van der Waals surface area contributed by atoms with Crippen LogP contribution in [-0.4, -0.2) is 43.9 Å². The number of rotatable bonds is 3. The van der Waals surface area contributed by atoms with E-state index in [0.717, 1.165) is 29.8 Å². The van der Waals surface area contributed by atoms with Crippen molar-refractivity contribution >= 4 is 23.1 Å². The molecular weight excluding hydrogens is 366 g/mol. The number of amides is 2. The summed E-state index contributed by atoms with van der Waals surface area (Å²) < 4.78 is 1.69. The van der Waals surface area contributed by atoms with Crippen LogP contribution in [-0.2, 0) is 10.2 Å². The number of hydrogen-bond donors (Lipinski definition) is 1. The van der Waals surface area contributed by atoms with Crippen molar-refractivity contribution in [2.75, 3.05) is 11.9 Å². The minimum atomic E-state index is -0.681. The van der Waals surface area contributed by atoms with Crippen molar-refractivity contribution in [1.82, 2.24) is 19.5 Å². The molecule has 1 fully saturated rings. The smallest absolute Gasteiger partial charge is 0.257 e. The van der Waals surface area contributed by atoms with Gasteiger partial charge in [-0.3, -0.25) is 9.59 Å². The lowest BCUT2D eigenvalue weighted by Gasteiger charge is -2.34. The van der Waals surface area contributed by atoms with Gasteiger partial charge in [-0.1, -0.05) is 31.5 Å². The predicted molar refractivity (Wildman–Crippen MR) is 109 cm³/mol. The molecule has 2 amide bonds. The standard InChI is InChI=1S/C22H23N5O2/c1-3-6-18-22(16-7-4-5-8-17(16)25-21(22)29)10-12-26(18)20(28)15-13-23-19-9-11-24-27(19)14(15)2/h4-5,7-9,11,13,18H,3,6,10,12H2,1-2H3,(H,25,29)/t18-,22+/m0/s1. The summed E-state index contributed by atoms with van der Waals surface area (Å²) in [6, 6.07) is 9.48. The van der Waals surface area contributed by atoms with Gasteiger partial charge in [-0.15, -0.1) is 0 Å². The van der Waals surface area contributed by atoms with Gasteiger partial charge in [-0.05, 0) is 31.4 Å². The molecule has 0 unspecified atom stereocenters. The van der Waals surface area contributed by atoms with E-state index >= 15 is 0 Å². The van der Waals surface area contributed by atoms with Crippen LogP contribution in [0.15, 0.2) is 42.7 Å². The fourth-order valence-corrected chi connectivity index (χ4v) is 5.08. The summed E-state index contributed by atoms with van der Waals surface area (Å²) in [5.74, 6) is -0.0790. The van der Waals surface area contributed by atoms with Crippen LogP contribution in [0.25, 0.3) is 5.65 Å². The quantitative estimate of drug-likeness (QED) is 0.747. The van der Waals surface area contributed by atoms with E-state index in [4.69, 9.17) is 0 Å². The minimum absolute atomic E-state index is 0.00447. The Hall–Kier alpha value is -3.22. The van der Waals surface area contributed by atoms with Gasteiger partial charge in [0.15, 0.2) is 5.65 Å². The first kappa shape index (κ1) is 17.8. The predicted octanol–water partition coefficient (Wildman–Crippen LogP) is 2.94. The van der Waals surface area contributed by atoms with Crippen LogP contribution in [0.5, 0.6) is 0 Å². The third kappa shape index (κ3) is 2.36. The number of carbonyl (C=O) groups is 2. The molecule has 1 saturated heterocycles. The molecule has 7 heteroatoms. The molecule has 0 bridgehead atoms. The lowest BCUT2D eigenvalue weighted by molar-refractivity contribution is -0.121. The van der Waals surface area contributed by atoms with Crippen LogP contribution < -0.4 is 5.32 Å². The summed E-state index contributed by atoms with van der Waals surface area (Å²) >= 11 is 0. The maximum absolute atomic E-state index is 13.6. The number of nitrogens with zero attached hydrogens (tertiary/aromatic N) is 4. The number of benzene rings is 1. The zero-order valence-electron chi connectivity index (χ0n) is 16.6. The molecular formula is C22H23N5O2. The molecule has 29 heavy (non-hydrogen) atoms. The molecule has 2 aromatic heterocycles. The maximum Gasteiger partial charge on any atom is 0.257 e. The second-order valence-corrected chi connectivity index (χ2v) is 7.88. The van der Waals surface area contributed by atoms with E-state index in [-0.39, 0.29) is 17.9 Å². The van der Waals surface area contributed by atoms with E-state index in [2.05, 4.69) is 22.3 Å². The first-order chi connectivity index (χ1) is 14.1. The number of anilines is 1. The number of nitrogens with one attached hydrogen (secondary N) is 1. The molecule has 1 aromatic carbocycles. The number of aryl methyl sites for hydroxylation is 1. The van der Waals surface area contributed by atoms with Crippen molar-refractivity contribution in [3.05, 3.63) is 59.5 Å². The van der Waals surface area contributed by atoms with Crippen LogP contribution in [0.4, 0.5) is 5.69 Å². The molecule has 1 spiro atoms.